The average Bonchev–Trinajstić information content (AvgIpc) is 2.74. The van der Waals surface area contributed by atoms with E-state index in [-0.39, 0.29) is 16.9 Å². The van der Waals surface area contributed by atoms with E-state index in [0.29, 0.717) is 12.3 Å². The summed E-state index contributed by atoms with van der Waals surface area (Å²) in [5.74, 6) is 1.16. The summed E-state index contributed by atoms with van der Waals surface area (Å²) in [6, 6.07) is 4.98. The number of pyridine rings is 1. The quantitative estimate of drug-likeness (QED) is 0.893. The monoisotopic (exact) mass is 246 g/mol. The van der Waals surface area contributed by atoms with E-state index in [4.69, 9.17) is 4.42 Å². The SMILES string of the molecule is Cc1ccc(CN(C)C(=O)c2c[nH]ccc2=O)o1. The zero-order valence-electron chi connectivity index (χ0n) is 10.3. The highest BCUT2D eigenvalue weighted by atomic mass is 16.3. The molecule has 0 unspecified atom stereocenters. The van der Waals surface area contributed by atoms with E-state index in [9.17, 15) is 9.59 Å². The molecule has 0 aromatic carbocycles. The van der Waals surface area contributed by atoms with Gasteiger partial charge in [-0.2, -0.15) is 0 Å². The van der Waals surface area contributed by atoms with Gasteiger partial charge in [-0.3, -0.25) is 9.59 Å². The molecule has 1 amide bonds. The Balaban J connectivity index is 2.15. The fourth-order valence-electron chi connectivity index (χ4n) is 1.66. The van der Waals surface area contributed by atoms with Gasteiger partial charge in [-0.15, -0.1) is 0 Å². The lowest BCUT2D eigenvalue weighted by Gasteiger charge is -2.15. The zero-order valence-corrected chi connectivity index (χ0v) is 10.3. The van der Waals surface area contributed by atoms with Gasteiger partial charge in [0.1, 0.15) is 17.1 Å². The minimum atomic E-state index is -0.328. The van der Waals surface area contributed by atoms with Gasteiger partial charge in [0.05, 0.1) is 6.54 Å². The van der Waals surface area contributed by atoms with E-state index in [1.807, 2.05) is 19.1 Å². The second-order valence-corrected chi connectivity index (χ2v) is 4.10. The van der Waals surface area contributed by atoms with Crippen molar-refractivity contribution in [3.63, 3.8) is 0 Å². The maximum atomic E-state index is 12.0. The summed E-state index contributed by atoms with van der Waals surface area (Å²) in [6.45, 7) is 2.17. The average molecular weight is 246 g/mol. The number of hydrogen-bond acceptors (Lipinski definition) is 3. The van der Waals surface area contributed by atoms with Crippen LogP contribution in [0.1, 0.15) is 21.9 Å². The third kappa shape index (κ3) is 2.51. The molecule has 0 aliphatic carbocycles. The number of rotatable bonds is 3. The van der Waals surface area contributed by atoms with Crippen LogP contribution in [0.15, 0.2) is 39.8 Å². The molecule has 5 nitrogen and oxygen atoms in total. The summed E-state index contributed by atoms with van der Waals surface area (Å²) in [6.07, 6.45) is 2.91. The lowest BCUT2D eigenvalue weighted by molar-refractivity contribution is 0.0773. The smallest absolute Gasteiger partial charge is 0.259 e. The third-order valence-electron chi connectivity index (χ3n) is 2.59. The largest absolute Gasteiger partial charge is 0.464 e. The molecule has 0 atom stereocenters. The van der Waals surface area contributed by atoms with Gasteiger partial charge in [-0.1, -0.05) is 0 Å². The third-order valence-corrected chi connectivity index (χ3v) is 2.59. The Hall–Kier alpha value is -2.30. The first kappa shape index (κ1) is 12.2. The normalized spacial score (nSPS) is 10.3. The minimum Gasteiger partial charge on any atom is -0.464 e. The minimum absolute atomic E-state index is 0.128. The van der Waals surface area contributed by atoms with Gasteiger partial charge in [0.2, 0.25) is 0 Å². The standard InChI is InChI=1S/C13H14N2O3/c1-9-3-4-10(18-9)8-15(2)13(17)11-7-14-6-5-12(11)16/h3-7H,8H2,1-2H3,(H,14,16). The van der Waals surface area contributed by atoms with Crippen molar-refractivity contribution in [3.05, 3.63) is 57.9 Å². The first-order chi connectivity index (χ1) is 8.58. The molecule has 1 N–H and O–H groups in total. The molecule has 0 saturated carbocycles. The first-order valence-corrected chi connectivity index (χ1v) is 5.56. The Labute approximate surface area is 104 Å². The fourth-order valence-corrected chi connectivity index (χ4v) is 1.66. The van der Waals surface area contributed by atoms with Crippen molar-refractivity contribution in [2.75, 3.05) is 7.05 Å². The first-order valence-electron chi connectivity index (χ1n) is 5.56. The van der Waals surface area contributed by atoms with E-state index in [1.165, 1.54) is 23.4 Å². The van der Waals surface area contributed by atoms with Gasteiger partial charge in [0.25, 0.3) is 5.91 Å². The predicted molar refractivity (Wildman–Crippen MR) is 66.3 cm³/mol. The number of H-pyrrole nitrogens is 1. The highest BCUT2D eigenvalue weighted by molar-refractivity contribution is 5.93. The summed E-state index contributed by atoms with van der Waals surface area (Å²) in [7, 11) is 1.63. The van der Waals surface area contributed by atoms with Gasteiger partial charge in [0.15, 0.2) is 5.43 Å². The Morgan fingerprint density at radius 1 is 1.39 bits per heavy atom. The topological polar surface area (TPSA) is 66.3 Å². The summed E-state index contributed by atoms with van der Waals surface area (Å²) < 4.78 is 5.39. The number of aromatic nitrogens is 1. The van der Waals surface area contributed by atoms with Crippen LogP contribution in [-0.4, -0.2) is 22.8 Å². The van der Waals surface area contributed by atoms with Crippen molar-refractivity contribution < 1.29 is 9.21 Å². The van der Waals surface area contributed by atoms with Crippen molar-refractivity contribution in [2.45, 2.75) is 13.5 Å². The number of hydrogen-bond donors (Lipinski definition) is 1. The van der Waals surface area contributed by atoms with E-state index in [1.54, 1.807) is 7.05 Å². The van der Waals surface area contributed by atoms with Crippen LogP contribution >= 0.6 is 0 Å². The van der Waals surface area contributed by atoms with Crippen LogP contribution in [0.25, 0.3) is 0 Å². The second-order valence-electron chi connectivity index (χ2n) is 4.10. The number of nitrogens with zero attached hydrogens (tertiary/aromatic N) is 1. The molecule has 0 radical (unpaired) electrons. The lowest BCUT2D eigenvalue weighted by Crippen LogP contribution is -2.30. The van der Waals surface area contributed by atoms with E-state index in [0.717, 1.165) is 5.76 Å². The molecule has 0 aliphatic rings. The molecule has 0 spiro atoms. The molecular weight excluding hydrogens is 232 g/mol. The Morgan fingerprint density at radius 2 is 2.17 bits per heavy atom. The Bertz CT molecular complexity index is 612. The van der Waals surface area contributed by atoms with Gasteiger partial charge in [-0.25, -0.2) is 0 Å². The van der Waals surface area contributed by atoms with Crippen LogP contribution in [0.4, 0.5) is 0 Å². The Morgan fingerprint density at radius 3 is 2.78 bits per heavy atom. The van der Waals surface area contributed by atoms with Crippen molar-refractivity contribution in [3.8, 4) is 0 Å². The highest BCUT2D eigenvalue weighted by Crippen LogP contribution is 2.09. The van der Waals surface area contributed by atoms with Gasteiger partial charge >= 0.3 is 0 Å². The number of amides is 1. The maximum Gasteiger partial charge on any atom is 0.259 e. The van der Waals surface area contributed by atoms with Crippen LogP contribution in [0.3, 0.4) is 0 Å². The summed E-state index contributed by atoms with van der Waals surface area (Å²) >= 11 is 0. The molecule has 5 heteroatoms. The second kappa shape index (κ2) is 4.91. The highest BCUT2D eigenvalue weighted by Gasteiger charge is 2.15. The van der Waals surface area contributed by atoms with E-state index < -0.39 is 0 Å². The zero-order chi connectivity index (χ0) is 13.1. The van der Waals surface area contributed by atoms with Crippen LogP contribution in [0.2, 0.25) is 0 Å². The molecule has 2 rings (SSSR count). The van der Waals surface area contributed by atoms with Gasteiger partial charge in [0, 0.05) is 25.5 Å². The van der Waals surface area contributed by atoms with E-state index >= 15 is 0 Å². The van der Waals surface area contributed by atoms with Crippen molar-refractivity contribution in [1.82, 2.24) is 9.88 Å². The molecule has 2 heterocycles. The van der Waals surface area contributed by atoms with Gasteiger partial charge < -0.3 is 14.3 Å². The van der Waals surface area contributed by atoms with Crippen LogP contribution in [0.5, 0.6) is 0 Å². The predicted octanol–water partition coefficient (Wildman–Crippen LogP) is 1.55. The maximum absolute atomic E-state index is 12.0. The number of aryl methyl sites for hydroxylation is 1. The molecule has 0 bridgehead atoms. The van der Waals surface area contributed by atoms with Crippen molar-refractivity contribution >= 4 is 5.91 Å². The van der Waals surface area contributed by atoms with Crippen LogP contribution in [0, 0.1) is 6.92 Å². The molecule has 0 saturated heterocycles. The number of furan rings is 1. The molecule has 0 aliphatic heterocycles. The lowest BCUT2D eigenvalue weighted by atomic mass is 10.2. The van der Waals surface area contributed by atoms with Crippen molar-refractivity contribution in [1.29, 1.82) is 0 Å². The molecular formula is C13H14N2O3. The Kier molecular flexibility index (Phi) is 3.32. The summed E-state index contributed by atoms with van der Waals surface area (Å²) in [5, 5.41) is 0. The molecule has 18 heavy (non-hydrogen) atoms. The molecule has 94 valence electrons. The summed E-state index contributed by atoms with van der Waals surface area (Å²) in [5.41, 5.74) is -0.162. The van der Waals surface area contributed by atoms with Crippen LogP contribution in [-0.2, 0) is 6.54 Å². The molecule has 2 aromatic rings. The number of carbonyl (C=O) groups excluding carboxylic acids is 1. The number of aromatic amines is 1. The number of carbonyl (C=O) groups is 1. The van der Waals surface area contributed by atoms with Gasteiger partial charge in [-0.05, 0) is 19.1 Å². The van der Waals surface area contributed by atoms with Crippen molar-refractivity contribution in [2.24, 2.45) is 0 Å². The van der Waals surface area contributed by atoms with Crippen LogP contribution < -0.4 is 5.43 Å². The summed E-state index contributed by atoms with van der Waals surface area (Å²) in [4.78, 5) is 27.8. The fraction of sp³-hybridized carbons (Fsp3) is 0.231. The van der Waals surface area contributed by atoms with E-state index in [2.05, 4.69) is 4.98 Å². The number of nitrogens with one attached hydrogen (secondary N) is 1. The molecule has 0 fully saturated rings. The molecule has 2 aromatic heterocycles.